The van der Waals surface area contributed by atoms with Gasteiger partial charge in [-0.1, -0.05) is 43.2 Å². The molecule has 1 atom stereocenters. The van der Waals surface area contributed by atoms with Crippen LogP contribution >= 0.6 is 0 Å². The van der Waals surface area contributed by atoms with Crippen LogP contribution in [0.1, 0.15) is 49.1 Å². The summed E-state index contributed by atoms with van der Waals surface area (Å²) in [7, 11) is 3.98. The first kappa shape index (κ1) is 23.4. The molecule has 3 aromatic rings. The fourth-order valence-corrected chi connectivity index (χ4v) is 4.04. The Labute approximate surface area is 189 Å². The molecule has 1 amide bonds. The number of benzene rings is 2. The number of carboxylic acids is 1. The lowest BCUT2D eigenvalue weighted by atomic mass is 9.91. The monoisotopic (exact) mass is 435 g/mol. The molecule has 0 radical (unpaired) electrons. The van der Waals surface area contributed by atoms with Gasteiger partial charge in [0, 0.05) is 49.8 Å². The number of unbranched alkanes of at least 4 members (excludes halogenated alkanes) is 2. The summed E-state index contributed by atoms with van der Waals surface area (Å²) in [6.07, 6.45) is 5.94. The van der Waals surface area contributed by atoms with Crippen molar-refractivity contribution in [2.75, 3.05) is 25.5 Å². The maximum absolute atomic E-state index is 13.1. The molecule has 3 N–H and O–H groups in total. The van der Waals surface area contributed by atoms with Crippen LogP contribution in [0.4, 0.5) is 5.69 Å². The molecule has 170 valence electrons. The quantitative estimate of drug-likeness (QED) is 0.360. The minimum absolute atomic E-state index is 0.0284. The maximum Gasteiger partial charge on any atom is 0.303 e. The number of hydrogen-bond donors (Lipinski definition) is 3. The Bertz CT molecular complexity index is 1020. The first-order valence-corrected chi connectivity index (χ1v) is 11.3. The molecule has 0 bridgehead atoms. The van der Waals surface area contributed by atoms with Crippen LogP contribution in [0.2, 0.25) is 0 Å². The predicted octanol–water partition coefficient (Wildman–Crippen LogP) is 4.71. The van der Waals surface area contributed by atoms with Gasteiger partial charge in [0.15, 0.2) is 0 Å². The van der Waals surface area contributed by atoms with Crippen LogP contribution in [-0.4, -0.2) is 42.6 Å². The SMILES string of the molecule is CN(C)c1ccc([C@H](CCCCCC(=O)O)C(=O)NCCc2c[nH]c3ccccc23)cc1. The summed E-state index contributed by atoms with van der Waals surface area (Å²) < 4.78 is 0. The topological polar surface area (TPSA) is 85.4 Å². The lowest BCUT2D eigenvalue weighted by Gasteiger charge is -2.19. The molecule has 32 heavy (non-hydrogen) atoms. The predicted molar refractivity (Wildman–Crippen MR) is 129 cm³/mol. The number of amides is 1. The van der Waals surface area contributed by atoms with Gasteiger partial charge in [0.1, 0.15) is 0 Å². The van der Waals surface area contributed by atoms with Crippen molar-refractivity contribution in [2.45, 2.75) is 44.4 Å². The zero-order valence-electron chi connectivity index (χ0n) is 18.9. The molecule has 0 unspecified atom stereocenters. The van der Waals surface area contributed by atoms with Crippen LogP contribution in [0, 0.1) is 0 Å². The van der Waals surface area contributed by atoms with E-state index < -0.39 is 5.97 Å². The fourth-order valence-electron chi connectivity index (χ4n) is 4.04. The largest absolute Gasteiger partial charge is 0.481 e. The molecule has 3 rings (SSSR count). The number of carbonyl (C=O) groups excluding carboxylic acids is 1. The van der Waals surface area contributed by atoms with Crippen LogP contribution in [-0.2, 0) is 16.0 Å². The molecule has 0 fully saturated rings. The lowest BCUT2D eigenvalue weighted by Crippen LogP contribution is -2.31. The summed E-state index contributed by atoms with van der Waals surface area (Å²) >= 11 is 0. The molecule has 1 heterocycles. The molecule has 2 aromatic carbocycles. The van der Waals surface area contributed by atoms with Crippen LogP contribution in [0.15, 0.2) is 54.7 Å². The fraction of sp³-hybridized carbons (Fsp3) is 0.385. The van der Waals surface area contributed by atoms with Crippen molar-refractivity contribution in [1.29, 1.82) is 0 Å². The number of carbonyl (C=O) groups is 2. The summed E-state index contributed by atoms with van der Waals surface area (Å²) in [4.78, 5) is 29.2. The molecule has 1 aromatic heterocycles. The smallest absolute Gasteiger partial charge is 0.303 e. The molecule has 0 spiro atoms. The average molecular weight is 436 g/mol. The summed E-state index contributed by atoms with van der Waals surface area (Å²) in [5, 5.41) is 13.1. The number of H-pyrrole nitrogens is 1. The Balaban J connectivity index is 1.61. The third-order valence-corrected chi connectivity index (χ3v) is 5.88. The maximum atomic E-state index is 13.1. The molecule has 6 heteroatoms. The number of aromatic amines is 1. The van der Waals surface area contributed by atoms with E-state index in [1.807, 2.05) is 61.6 Å². The molecule has 0 saturated carbocycles. The van der Waals surface area contributed by atoms with Gasteiger partial charge in [-0.2, -0.15) is 0 Å². The van der Waals surface area contributed by atoms with E-state index in [4.69, 9.17) is 5.11 Å². The molecule has 0 aliphatic heterocycles. The minimum atomic E-state index is -0.768. The number of rotatable bonds is 12. The van der Waals surface area contributed by atoms with Gasteiger partial charge < -0.3 is 20.3 Å². The van der Waals surface area contributed by atoms with E-state index in [0.717, 1.165) is 36.0 Å². The Hall–Kier alpha value is -3.28. The molecule has 0 saturated heterocycles. The highest BCUT2D eigenvalue weighted by Gasteiger charge is 2.20. The van der Waals surface area contributed by atoms with Crippen molar-refractivity contribution in [3.63, 3.8) is 0 Å². The first-order chi connectivity index (χ1) is 15.5. The highest BCUT2D eigenvalue weighted by Crippen LogP contribution is 2.25. The highest BCUT2D eigenvalue weighted by atomic mass is 16.4. The van der Waals surface area contributed by atoms with Gasteiger partial charge in [-0.05, 0) is 48.6 Å². The molecular weight excluding hydrogens is 402 g/mol. The number of para-hydroxylation sites is 1. The number of anilines is 1. The summed E-state index contributed by atoms with van der Waals surface area (Å²) in [5.41, 5.74) is 4.39. The van der Waals surface area contributed by atoms with Crippen LogP contribution in [0.25, 0.3) is 10.9 Å². The number of hydrogen-bond acceptors (Lipinski definition) is 3. The Morgan fingerprint density at radius 3 is 2.50 bits per heavy atom. The van der Waals surface area contributed by atoms with Crippen LogP contribution < -0.4 is 10.2 Å². The van der Waals surface area contributed by atoms with Gasteiger partial charge in [-0.25, -0.2) is 0 Å². The van der Waals surface area contributed by atoms with Gasteiger partial charge in [0.05, 0.1) is 5.92 Å². The van der Waals surface area contributed by atoms with Gasteiger partial charge in [-0.3, -0.25) is 9.59 Å². The summed E-state index contributed by atoms with van der Waals surface area (Å²) in [6.45, 7) is 0.575. The van der Waals surface area contributed by atoms with Crippen LogP contribution in [0.5, 0.6) is 0 Å². The van der Waals surface area contributed by atoms with E-state index in [2.05, 4.69) is 22.4 Å². The van der Waals surface area contributed by atoms with Gasteiger partial charge >= 0.3 is 5.97 Å². The lowest BCUT2D eigenvalue weighted by molar-refractivity contribution is -0.137. The Morgan fingerprint density at radius 1 is 1.03 bits per heavy atom. The zero-order valence-corrected chi connectivity index (χ0v) is 18.9. The molecule has 6 nitrogen and oxygen atoms in total. The van der Waals surface area contributed by atoms with E-state index in [-0.39, 0.29) is 18.2 Å². The minimum Gasteiger partial charge on any atom is -0.481 e. The number of nitrogens with zero attached hydrogens (tertiary/aromatic N) is 1. The van der Waals surface area contributed by atoms with Gasteiger partial charge in [0.25, 0.3) is 0 Å². The van der Waals surface area contributed by atoms with Gasteiger partial charge in [0.2, 0.25) is 5.91 Å². The molecular formula is C26H33N3O3. The van der Waals surface area contributed by atoms with Crippen LogP contribution in [0.3, 0.4) is 0 Å². The molecule has 0 aliphatic carbocycles. The summed E-state index contributed by atoms with van der Waals surface area (Å²) in [6, 6.07) is 16.3. The van der Waals surface area contributed by atoms with E-state index in [0.29, 0.717) is 19.4 Å². The number of fused-ring (bicyclic) bond motifs is 1. The Kier molecular flexibility index (Phi) is 8.31. The second kappa shape index (κ2) is 11.4. The van der Waals surface area contributed by atoms with E-state index in [1.54, 1.807) is 0 Å². The third kappa shape index (κ3) is 6.36. The number of aromatic nitrogens is 1. The number of carboxylic acid groups (broad SMARTS) is 1. The number of nitrogens with one attached hydrogen (secondary N) is 2. The number of aliphatic carboxylic acids is 1. The normalized spacial score (nSPS) is 11.9. The van der Waals surface area contributed by atoms with Crippen molar-refractivity contribution in [3.05, 3.63) is 65.9 Å². The van der Waals surface area contributed by atoms with Gasteiger partial charge in [-0.15, -0.1) is 0 Å². The van der Waals surface area contributed by atoms with E-state index in [1.165, 1.54) is 10.9 Å². The van der Waals surface area contributed by atoms with E-state index in [9.17, 15) is 9.59 Å². The standard InChI is InChI=1S/C26H33N3O3/c1-29(2)21-14-12-19(13-15-21)23(9-4-3-5-11-25(30)31)26(32)27-17-16-20-18-28-24-10-7-6-8-22(20)24/h6-8,10,12-15,18,23,28H,3-5,9,11,16-17H2,1-2H3,(H,27,32)(H,30,31)/t23-/m0/s1. The average Bonchev–Trinajstić information content (AvgIpc) is 3.19. The van der Waals surface area contributed by atoms with Crippen molar-refractivity contribution in [2.24, 2.45) is 0 Å². The zero-order chi connectivity index (χ0) is 22.9. The second-order valence-electron chi connectivity index (χ2n) is 8.43. The van der Waals surface area contributed by atoms with Crippen molar-refractivity contribution < 1.29 is 14.7 Å². The van der Waals surface area contributed by atoms with Crippen molar-refractivity contribution in [1.82, 2.24) is 10.3 Å². The van der Waals surface area contributed by atoms with E-state index >= 15 is 0 Å². The van der Waals surface area contributed by atoms with Crippen molar-refractivity contribution >= 4 is 28.5 Å². The molecule has 0 aliphatic rings. The second-order valence-corrected chi connectivity index (χ2v) is 8.43. The van der Waals surface area contributed by atoms with Crippen molar-refractivity contribution in [3.8, 4) is 0 Å². The first-order valence-electron chi connectivity index (χ1n) is 11.3. The highest BCUT2D eigenvalue weighted by molar-refractivity contribution is 5.84. The Morgan fingerprint density at radius 2 is 1.78 bits per heavy atom. The summed E-state index contributed by atoms with van der Waals surface area (Å²) in [5.74, 6) is -0.976. The third-order valence-electron chi connectivity index (χ3n) is 5.88.